The molecular formula is C25H30N4O2. The van der Waals surface area contributed by atoms with Crippen molar-refractivity contribution in [2.75, 3.05) is 18.0 Å². The molecule has 0 saturated carbocycles. The molecule has 2 heterocycles. The van der Waals surface area contributed by atoms with Gasteiger partial charge in [0.05, 0.1) is 0 Å². The van der Waals surface area contributed by atoms with E-state index in [2.05, 4.69) is 39.4 Å². The van der Waals surface area contributed by atoms with E-state index in [1.54, 1.807) is 0 Å². The third kappa shape index (κ3) is 4.39. The van der Waals surface area contributed by atoms with Crippen molar-refractivity contribution >= 4 is 11.6 Å². The fourth-order valence-electron chi connectivity index (χ4n) is 4.41. The van der Waals surface area contributed by atoms with Gasteiger partial charge in [0.1, 0.15) is 5.54 Å². The molecule has 6 heteroatoms. The Labute approximate surface area is 183 Å². The highest BCUT2D eigenvalue weighted by Gasteiger charge is 2.48. The van der Waals surface area contributed by atoms with Gasteiger partial charge < -0.3 is 4.42 Å². The highest BCUT2D eigenvalue weighted by Crippen LogP contribution is 2.42. The Morgan fingerprint density at radius 1 is 1.00 bits per heavy atom. The molecule has 0 radical (unpaired) electrons. The summed E-state index contributed by atoms with van der Waals surface area (Å²) in [5.41, 5.74) is 1.54. The second kappa shape index (κ2) is 9.43. The van der Waals surface area contributed by atoms with Crippen LogP contribution in [0.4, 0.5) is 5.69 Å². The zero-order valence-corrected chi connectivity index (χ0v) is 18.3. The molecule has 1 aliphatic rings. The zero-order chi connectivity index (χ0) is 21.7. The number of carbonyl (C=O) groups is 1. The van der Waals surface area contributed by atoms with Gasteiger partial charge in [-0.3, -0.25) is 14.6 Å². The van der Waals surface area contributed by atoms with Crippen LogP contribution in [0.5, 0.6) is 0 Å². The van der Waals surface area contributed by atoms with Crippen molar-refractivity contribution in [1.29, 1.82) is 0 Å². The van der Waals surface area contributed by atoms with Crippen LogP contribution in [0.25, 0.3) is 0 Å². The van der Waals surface area contributed by atoms with E-state index < -0.39 is 5.54 Å². The number of hydrogen-bond donors (Lipinski definition) is 0. The molecule has 2 aromatic carbocycles. The maximum atomic E-state index is 13.3. The van der Waals surface area contributed by atoms with Crippen molar-refractivity contribution in [3.05, 3.63) is 78.0 Å². The average Bonchev–Trinajstić information content (AvgIpc) is 3.32. The molecule has 0 atom stereocenters. The first-order chi connectivity index (χ1) is 15.2. The van der Waals surface area contributed by atoms with Gasteiger partial charge in [0.25, 0.3) is 0 Å². The number of para-hydroxylation sites is 1. The number of nitrogens with zero attached hydrogens (tertiary/aromatic N) is 4. The molecule has 1 amide bonds. The molecule has 4 rings (SSSR count). The minimum absolute atomic E-state index is 0.0685. The molecule has 31 heavy (non-hydrogen) atoms. The largest absolute Gasteiger partial charge is 0.423 e. The average molecular weight is 419 g/mol. The highest BCUT2D eigenvalue weighted by molar-refractivity contribution is 5.94. The molecule has 1 aliphatic heterocycles. The van der Waals surface area contributed by atoms with E-state index in [9.17, 15) is 4.79 Å². The normalized spacial score (nSPS) is 16.2. The van der Waals surface area contributed by atoms with E-state index >= 15 is 0 Å². The molecule has 162 valence electrons. The van der Waals surface area contributed by atoms with Crippen LogP contribution in [-0.2, 0) is 23.3 Å². The number of rotatable bonds is 7. The van der Waals surface area contributed by atoms with Crippen molar-refractivity contribution in [3.8, 4) is 0 Å². The summed E-state index contributed by atoms with van der Waals surface area (Å²) < 4.78 is 6.09. The van der Waals surface area contributed by atoms with Crippen LogP contribution in [0.1, 0.15) is 50.5 Å². The number of carbonyl (C=O) groups excluding carboxylic acids is 1. The van der Waals surface area contributed by atoms with Crippen molar-refractivity contribution in [2.45, 2.75) is 51.6 Å². The molecular weight excluding hydrogens is 388 g/mol. The third-order valence-electron chi connectivity index (χ3n) is 6.09. The van der Waals surface area contributed by atoms with Gasteiger partial charge >= 0.3 is 0 Å². The van der Waals surface area contributed by atoms with Gasteiger partial charge in [-0.25, -0.2) is 0 Å². The number of anilines is 1. The van der Waals surface area contributed by atoms with Crippen molar-refractivity contribution in [1.82, 2.24) is 15.1 Å². The number of benzene rings is 2. The number of amides is 1. The maximum absolute atomic E-state index is 13.3. The van der Waals surface area contributed by atoms with Gasteiger partial charge in [0, 0.05) is 38.2 Å². The van der Waals surface area contributed by atoms with Gasteiger partial charge in [0.15, 0.2) is 0 Å². The van der Waals surface area contributed by atoms with E-state index in [4.69, 9.17) is 4.42 Å². The van der Waals surface area contributed by atoms with Crippen molar-refractivity contribution in [2.24, 2.45) is 0 Å². The second-order valence-corrected chi connectivity index (χ2v) is 8.07. The Morgan fingerprint density at radius 3 is 2.23 bits per heavy atom. The Bertz CT molecular complexity index is 979. The first-order valence-electron chi connectivity index (χ1n) is 11.1. The summed E-state index contributed by atoms with van der Waals surface area (Å²) in [7, 11) is 0. The molecule has 0 unspecified atom stereocenters. The molecule has 0 bridgehead atoms. The standard InChI is InChI=1S/C25H30N4O2/c1-3-22-26-27-24(31-22)25(29(23(30)4-2)21-13-9-6-10-14-21)15-17-28(18-16-25)19-20-11-7-5-8-12-20/h5-14H,3-4,15-19H2,1-2H3. The Balaban J connectivity index is 1.68. The summed E-state index contributed by atoms with van der Waals surface area (Å²) in [4.78, 5) is 17.6. The van der Waals surface area contributed by atoms with Crippen LogP contribution in [0.2, 0.25) is 0 Å². The zero-order valence-electron chi connectivity index (χ0n) is 18.3. The number of likely N-dealkylation sites (tertiary alicyclic amines) is 1. The van der Waals surface area contributed by atoms with Crippen molar-refractivity contribution in [3.63, 3.8) is 0 Å². The molecule has 1 saturated heterocycles. The van der Waals surface area contributed by atoms with E-state index in [0.717, 1.165) is 38.2 Å². The lowest BCUT2D eigenvalue weighted by Crippen LogP contribution is -2.55. The van der Waals surface area contributed by atoms with Gasteiger partial charge in [-0.2, -0.15) is 0 Å². The topological polar surface area (TPSA) is 62.5 Å². The van der Waals surface area contributed by atoms with E-state index in [-0.39, 0.29) is 5.91 Å². The maximum Gasteiger partial charge on any atom is 0.242 e. The molecule has 0 spiro atoms. The summed E-state index contributed by atoms with van der Waals surface area (Å²) in [6, 6.07) is 20.4. The second-order valence-electron chi connectivity index (χ2n) is 8.07. The summed E-state index contributed by atoms with van der Waals surface area (Å²) >= 11 is 0. The molecule has 6 nitrogen and oxygen atoms in total. The quantitative estimate of drug-likeness (QED) is 0.563. The van der Waals surface area contributed by atoms with Crippen LogP contribution in [-0.4, -0.2) is 34.1 Å². The Morgan fingerprint density at radius 2 is 1.65 bits per heavy atom. The third-order valence-corrected chi connectivity index (χ3v) is 6.09. The van der Waals surface area contributed by atoms with Gasteiger partial charge in [-0.05, 0) is 30.5 Å². The SMILES string of the molecule is CCC(=O)N(c1ccccc1)C1(c2nnc(CC)o2)CCN(Cc2ccccc2)CC1. The van der Waals surface area contributed by atoms with Crippen LogP contribution < -0.4 is 4.90 Å². The predicted octanol–water partition coefficient (Wildman–Crippen LogP) is 4.57. The van der Waals surface area contributed by atoms with E-state index in [0.29, 0.717) is 24.6 Å². The summed E-state index contributed by atoms with van der Waals surface area (Å²) in [5, 5.41) is 8.66. The van der Waals surface area contributed by atoms with Crippen LogP contribution in [0, 0.1) is 0 Å². The minimum Gasteiger partial charge on any atom is -0.423 e. The van der Waals surface area contributed by atoms with E-state index in [1.165, 1.54) is 5.56 Å². The van der Waals surface area contributed by atoms with E-state index in [1.807, 2.05) is 55.1 Å². The molecule has 3 aromatic rings. The Hall–Kier alpha value is -2.99. The fraction of sp³-hybridized carbons (Fsp3) is 0.400. The fourth-order valence-corrected chi connectivity index (χ4v) is 4.41. The lowest BCUT2D eigenvalue weighted by molar-refractivity contribution is -0.120. The van der Waals surface area contributed by atoms with Crippen LogP contribution >= 0.6 is 0 Å². The number of aromatic nitrogens is 2. The van der Waals surface area contributed by atoms with Crippen LogP contribution in [0.3, 0.4) is 0 Å². The first kappa shape index (κ1) is 21.2. The van der Waals surface area contributed by atoms with Gasteiger partial charge in [0.2, 0.25) is 17.7 Å². The first-order valence-corrected chi connectivity index (χ1v) is 11.1. The summed E-state index contributed by atoms with van der Waals surface area (Å²) in [6.07, 6.45) is 2.58. The summed E-state index contributed by atoms with van der Waals surface area (Å²) in [6.45, 7) is 6.49. The predicted molar refractivity (Wildman–Crippen MR) is 121 cm³/mol. The monoisotopic (exact) mass is 418 g/mol. The summed E-state index contributed by atoms with van der Waals surface area (Å²) in [5.74, 6) is 1.23. The minimum atomic E-state index is -0.637. The molecule has 1 fully saturated rings. The van der Waals surface area contributed by atoms with Crippen molar-refractivity contribution < 1.29 is 9.21 Å². The van der Waals surface area contributed by atoms with Gasteiger partial charge in [-0.1, -0.05) is 62.4 Å². The van der Waals surface area contributed by atoms with Gasteiger partial charge in [-0.15, -0.1) is 10.2 Å². The Kier molecular flexibility index (Phi) is 6.47. The number of aryl methyl sites for hydroxylation is 1. The smallest absolute Gasteiger partial charge is 0.242 e. The lowest BCUT2D eigenvalue weighted by atomic mass is 9.84. The lowest BCUT2D eigenvalue weighted by Gasteiger charge is -2.46. The number of hydrogen-bond acceptors (Lipinski definition) is 5. The van der Waals surface area contributed by atoms with Crippen LogP contribution in [0.15, 0.2) is 65.1 Å². The number of piperidine rings is 1. The molecule has 0 N–H and O–H groups in total. The highest BCUT2D eigenvalue weighted by atomic mass is 16.4. The molecule has 1 aromatic heterocycles. The molecule has 0 aliphatic carbocycles.